The molecule has 0 radical (unpaired) electrons. The van der Waals surface area contributed by atoms with Gasteiger partial charge in [-0.15, -0.1) is 0 Å². The van der Waals surface area contributed by atoms with E-state index in [9.17, 15) is 5.11 Å². The topological polar surface area (TPSA) is 41.9 Å². The third-order valence-corrected chi connectivity index (χ3v) is 2.26. The zero-order valence-electron chi connectivity index (χ0n) is 7.86. The second-order valence-corrected chi connectivity index (χ2v) is 3.29. The minimum absolute atomic E-state index is 0.142. The first-order valence-electron chi connectivity index (χ1n) is 4.15. The van der Waals surface area contributed by atoms with Crippen LogP contribution in [-0.4, -0.2) is 56.3 Å². The summed E-state index contributed by atoms with van der Waals surface area (Å²) in [4.78, 5) is 2.00. The Kier molecular flexibility index (Phi) is 3.46. The monoisotopic (exact) mass is 175 g/mol. The molecule has 0 spiro atoms. The zero-order chi connectivity index (χ0) is 9.14. The molecule has 3 atom stereocenters. The van der Waals surface area contributed by atoms with Gasteiger partial charge in [-0.05, 0) is 20.5 Å². The second kappa shape index (κ2) is 4.18. The molecule has 0 amide bonds. The fourth-order valence-corrected chi connectivity index (χ4v) is 1.53. The van der Waals surface area contributed by atoms with Crippen molar-refractivity contribution < 1.29 is 14.6 Å². The summed E-state index contributed by atoms with van der Waals surface area (Å²) in [6, 6.07) is 0.142. The molecule has 0 bridgehead atoms. The molecule has 1 saturated heterocycles. The van der Waals surface area contributed by atoms with Crippen LogP contribution in [0, 0.1) is 0 Å². The van der Waals surface area contributed by atoms with Gasteiger partial charge < -0.3 is 19.5 Å². The van der Waals surface area contributed by atoms with Gasteiger partial charge in [0.1, 0.15) is 6.10 Å². The summed E-state index contributed by atoms with van der Waals surface area (Å²) in [7, 11) is 5.45. The van der Waals surface area contributed by atoms with Crippen molar-refractivity contribution >= 4 is 0 Å². The standard InChI is InChI=1S/C8H17NO3/c1-9(2)6-4-5-12-8(11-3)7(6)10/h6-8,10H,4-5H2,1-3H3. The summed E-state index contributed by atoms with van der Waals surface area (Å²) in [6.07, 6.45) is -0.154. The Bertz CT molecular complexity index is 140. The normalized spacial score (nSPS) is 37.2. The van der Waals surface area contributed by atoms with Crippen LogP contribution in [0.2, 0.25) is 0 Å². The predicted octanol–water partition coefficient (Wildman–Crippen LogP) is -0.330. The van der Waals surface area contributed by atoms with Gasteiger partial charge >= 0.3 is 0 Å². The molecule has 3 unspecified atom stereocenters. The number of methoxy groups -OCH3 is 1. The van der Waals surface area contributed by atoms with Crippen LogP contribution in [0.5, 0.6) is 0 Å². The highest BCUT2D eigenvalue weighted by Crippen LogP contribution is 2.18. The molecule has 1 aliphatic heterocycles. The molecular weight excluding hydrogens is 158 g/mol. The van der Waals surface area contributed by atoms with E-state index >= 15 is 0 Å². The van der Waals surface area contributed by atoms with Crippen molar-refractivity contribution in [2.75, 3.05) is 27.8 Å². The van der Waals surface area contributed by atoms with Crippen molar-refractivity contribution in [2.24, 2.45) is 0 Å². The number of aliphatic hydroxyl groups excluding tert-OH is 1. The summed E-state index contributed by atoms with van der Waals surface area (Å²) < 4.78 is 10.2. The van der Waals surface area contributed by atoms with Crippen molar-refractivity contribution in [2.45, 2.75) is 24.9 Å². The lowest BCUT2D eigenvalue weighted by Gasteiger charge is -2.37. The van der Waals surface area contributed by atoms with Gasteiger partial charge in [-0.2, -0.15) is 0 Å². The summed E-state index contributed by atoms with van der Waals surface area (Å²) >= 11 is 0. The van der Waals surface area contributed by atoms with E-state index in [0.29, 0.717) is 6.61 Å². The minimum atomic E-state index is -0.543. The number of likely N-dealkylation sites (N-methyl/N-ethyl adjacent to an activating group) is 1. The van der Waals surface area contributed by atoms with Crippen LogP contribution in [0.1, 0.15) is 6.42 Å². The Hall–Kier alpha value is -0.160. The number of hydrogen-bond acceptors (Lipinski definition) is 4. The lowest BCUT2D eigenvalue weighted by Crippen LogP contribution is -2.51. The number of aliphatic hydroxyl groups is 1. The number of ether oxygens (including phenoxy) is 2. The van der Waals surface area contributed by atoms with Gasteiger partial charge in [0.2, 0.25) is 0 Å². The second-order valence-electron chi connectivity index (χ2n) is 3.29. The fraction of sp³-hybridized carbons (Fsp3) is 1.00. The van der Waals surface area contributed by atoms with E-state index in [-0.39, 0.29) is 6.04 Å². The number of hydrogen-bond donors (Lipinski definition) is 1. The average Bonchev–Trinajstić information content (AvgIpc) is 2.04. The molecule has 0 aromatic carbocycles. The van der Waals surface area contributed by atoms with E-state index in [4.69, 9.17) is 9.47 Å². The quantitative estimate of drug-likeness (QED) is 0.624. The first-order chi connectivity index (χ1) is 5.66. The maximum atomic E-state index is 9.71. The fourth-order valence-electron chi connectivity index (χ4n) is 1.53. The van der Waals surface area contributed by atoms with Crippen molar-refractivity contribution in [1.29, 1.82) is 0 Å². The van der Waals surface area contributed by atoms with E-state index in [2.05, 4.69) is 0 Å². The Morgan fingerprint density at radius 3 is 2.67 bits per heavy atom. The summed E-state index contributed by atoms with van der Waals surface area (Å²) in [5.74, 6) is 0. The molecule has 1 fully saturated rings. The van der Waals surface area contributed by atoms with Gasteiger partial charge in [0.25, 0.3) is 0 Å². The van der Waals surface area contributed by atoms with Gasteiger partial charge in [-0.25, -0.2) is 0 Å². The molecular formula is C8H17NO3. The van der Waals surface area contributed by atoms with Crippen LogP contribution in [0.15, 0.2) is 0 Å². The predicted molar refractivity (Wildman–Crippen MR) is 44.8 cm³/mol. The van der Waals surface area contributed by atoms with Crippen molar-refractivity contribution in [3.8, 4) is 0 Å². The Morgan fingerprint density at radius 2 is 2.17 bits per heavy atom. The smallest absolute Gasteiger partial charge is 0.184 e. The van der Waals surface area contributed by atoms with Crippen LogP contribution in [0.25, 0.3) is 0 Å². The molecule has 0 aromatic heterocycles. The molecule has 4 nitrogen and oxygen atoms in total. The highest BCUT2D eigenvalue weighted by molar-refractivity contribution is 4.81. The maximum absolute atomic E-state index is 9.71. The largest absolute Gasteiger partial charge is 0.386 e. The van der Waals surface area contributed by atoms with Crippen LogP contribution in [0.4, 0.5) is 0 Å². The highest BCUT2D eigenvalue weighted by atomic mass is 16.7. The third-order valence-electron chi connectivity index (χ3n) is 2.26. The summed E-state index contributed by atoms with van der Waals surface area (Å²) in [5, 5.41) is 9.71. The summed E-state index contributed by atoms with van der Waals surface area (Å²) in [5.41, 5.74) is 0. The molecule has 1 N–H and O–H groups in total. The third kappa shape index (κ3) is 1.95. The van der Waals surface area contributed by atoms with Crippen LogP contribution < -0.4 is 0 Å². The highest BCUT2D eigenvalue weighted by Gasteiger charge is 2.33. The minimum Gasteiger partial charge on any atom is -0.386 e. The SMILES string of the molecule is COC1OCCC(N(C)C)C1O. The average molecular weight is 175 g/mol. The first-order valence-corrected chi connectivity index (χ1v) is 4.15. The Balaban J connectivity index is 2.53. The van der Waals surface area contributed by atoms with Crippen LogP contribution >= 0.6 is 0 Å². The lowest BCUT2D eigenvalue weighted by atomic mass is 10.0. The van der Waals surface area contributed by atoms with Crippen LogP contribution in [0.3, 0.4) is 0 Å². The Labute approximate surface area is 73.1 Å². The molecule has 1 rings (SSSR count). The van der Waals surface area contributed by atoms with E-state index in [1.165, 1.54) is 0 Å². The molecule has 1 heterocycles. The molecule has 4 heteroatoms. The maximum Gasteiger partial charge on any atom is 0.184 e. The van der Waals surface area contributed by atoms with Gasteiger partial charge in [0.05, 0.1) is 6.61 Å². The molecule has 12 heavy (non-hydrogen) atoms. The summed E-state index contributed by atoms with van der Waals surface area (Å²) in [6.45, 7) is 0.651. The zero-order valence-corrected chi connectivity index (χ0v) is 7.86. The van der Waals surface area contributed by atoms with Gasteiger partial charge in [-0.3, -0.25) is 0 Å². The van der Waals surface area contributed by atoms with Gasteiger partial charge in [0, 0.05) is 13.2 Å². The molecule has 0 aromatic rings. The molecule has 1 aliphatic rings. The van der Waals surface area contributed by atoms with Gasteiger partial charge in [-0.1, -0.05) is 0 Å². The van der Waals surface area contributed by atoms with Crippen LogP contribution in [-0.2, 0) is 9.47 Å². The lowest BCUT2D eigenvalue weighted by molar-refractivity contribution is -0.219. The van der Waals surface area contributed by atoms with Gasteiger partial charge in [0.15, 0.2) is 6.29 Å². The number of rotatable bonds is 2. The van der Waals surface area contributed by atoms with Crippen molar-refractivity contribution in [1.82, 2.24) is 4.90 Å². The number of nitrogens with zero attached hydrogens (tertiary/aromatic N) is 1. The Morgan fingerprint density at radius 1 is 1.50 bits per heavy atom. The van der Waals surface area contributed by atoms with E-state index in [1.54, 1.807) is 7.11 Å². The first kappa shape index (κ1) is 9.92. The van der Waals surface area contributed by atoms with Crippen molar-refractivity contribution in [3.63, 3.8) is 0 Å². The van der Waals surface area contributed by atoms with E-state index in [0.717, 1.165) is 6.42 Å². The molecule has 72 valence electrons. The van der Waals surface area contributed by atoms with Crippen molar-refractivity contribution in [3.05, 3.63) is 0 Å². The molecule has 0 saturated carbocycles. The van der Waals surface area contributed by atoms with E-state index < -0.39 is 12.4 Å². The van der Waals surface area contributed by atoms with E-state index in [1.807, 2.05) is 19.0 Å². The molecule has 0 aliphatic carbocycles.